The van der Waals surface area contributed by atoms with Crippen molar-refractivity contribution in [2.24, 2.45) is 17.6 Å². The Bertz CT molecular complexity index is 2740. The molecule has 3 aromatic rings. The highest BCUT2D eigenvalue weighted by Crippen LogP contribution is 2.15. The molecule has 3 aromatic carbocycles. The van der Waals surface area contributed by atoms with Crippen LogP contribution in [0.1, 0.15) is 77.0 Å². The fraction of sp³-hybridized carbons (Fsp3) is 0.455. The molecular weight excluding hydrogens is 1090 g/mol. The van der Waals surface area contributed by atoms with Crippen molar-refractivity contribution in [2.75, 3.05) is 13.1 Å². The average molecular weight is 1160 g/mol. The first-order valence-corrected chi connectivity index (χ1v) is 26.4. The number of nitrogens with two attached hydrogens (primary N) is 1. The second-order valence-electron chi connectivity index (χ2n) is 20.4. The highest BCUT2D eigenvalue weighted by molar-refractivity contribution is 5.98. The fourth-order valence-electron chi connectivity index (χ4n) is 8.05. The summed E-state index contributed by atoms with van der Waals surface area (Å²) in [6.07, 6.45) is -4.21. The van der Waals surface area contributed by atoms with E-state index in [1.165, 1.54) is 62.4 Å². The first kappa shape index (κ1) is 68.1. The van der Waals surface area contributed by atoms with E-state index in [1.54, 1.807) is 44.2 Å². The van der Waals surface area contributed by atoms with E-state index in [1.807, 2.05) is 0 Å². The van der Waals surface area contributed by atoms with Crippen LogP contribution in [0.3, 0.4) is 0 Å². The summed E-state index contributed by atoms with van der Waals surface area (Å²) in [5.74, 6) is -14.3. The maximum absolute atomic E-state index is 14.1. The number of carboxylic acids is 3. The Labute approximate surface area is 477 Å². The summed E-state index contributed by atoms with van der Waals surface area (Å²) < 4.78 is 0. The zero-order valence-electron chi connectivity index (χ0n) is 46.4. The van der Waals surface area contributed by atoms with Gasteiger partial charge in [-0.3, -0.25) is 52.7 Å². The molecule has 0 heterocycles. The topological polar surface area (TPSA) is 461 Å². The molecule has 0 fully saturated rings. The van der Waals surface area contributed by atoms with Gasteiger partial charge in [-0.1, -0.05) is 82.3 Å². The van der Waals surface area contributed by atoms with Gasteiger partial charge >= 0.3 is 17.9 Å². The molecule has 28 heteroatoms. The Morgan fingerprint density at radius 1 is 0.458 bits per heavy atom. The number of hydrogen-bond donors (Lipinski definition) is 16. The van der Waals surface area contributed by atoms with Crippen molar-refractivity contribution in [3.05, 3.63) is 95.6 Å². The molecule has 28 nitrogen and oxygen atoms in total. The number of carbonyl (C=O) groups is 12. The lowest BCUT2D eigenvalue weighted by Gasteiger charge is -2.28. The minimum absolute atomic E-state index is 0.0335. The third-order valence-electron chi connectivity index (χ3n) is 12.5. The van der Waals surface area contributed by atoms with Crippen LogP contribution < -0.4 is 53.6 Å². The van der Waals surface area contributed by atoms with Crippen molar-refractivity contribution < 1.29 is 88.2 Å². The van der Waals surface area contributed by atoms with Crippen molar-refractivity contribution in [3.8, 4) is 11.5 Å². The van der Waals surface area contributed by atoms with E-state index in [0.29, 0.717) is 16.7 Å². The number of phenols is 2. The predicted molar refractivity (Wildman–Crippen MR) is 294 cm³/mol. The molecule has 452 valence electrons. The number of aliphatic carboxylic acids is 3. The molecule has 83 heavy (non-hydrogen) atoms. The molecule has 0 spiro atoms. The van der Waals surface area contributed by atoms with Crippen molar-refractivity contribution in [1.82, 2.24) is 47.9 Å². The fourth-order valence-corrected chi connectivity index (χ4v) is 8.05. The van der Waals surface area contributed by atoms with Crippen LogP contribution in [0.15, 0.2) is 78.9 Å². The quantitative estimate of drug-likeness (QED) is 0.0296. The van der Waals surface area contributed by atoms with Crippen LogP contribution in [-0.4, -0.2) is 169 Å². The number of rotatable bonds is 34. The monoisotopic (exact) mass is 1160 g/mol. The minimum atomic E-state index is -1.92. The molecule has 0 aliphatic carbocycles. The number of benzene rings is 3. The molecule has 0 saturated carbocycles. The summed E-state index contributed by atoms with van der Waals surface area (Å²) in [7, 11) is 0. The molecule has 9 amide bonds. The van der Waals surface area contributed by atoms with Crippen LogP contribution in [0.5, 0.6) is 11.5 Å². The smallest absolute Gasteiger partial charge is 0.326 e. The van der Waals surface area contributed by atoms with Crippen LogP contribution in [-0.2, 0) is 76.8 Å². The van der Waals surface area contributed by atoms with Crippen molar-refractivity contribution in [1.29, 1.82) is 0 Å². The molecule has 0 aliphatic heterocycles. The zero-order chi connectivity index (χ0) is 62.1. The van der Waals surface area contributed by atoms with Gasteiger partial charge in [0.1, 0.15) is 53.8 Å². The van der Waals surface area contributed by atoms with E-state index >= 15 is 0 Å². The maximum Gasteiger partial charge on any atom is 0.326 e. The van der Waals surface area contributed by atoms with Gasteiger partial charge in [0.15, 0.2) is 0 Å². The van der Waals surface area contributed by atoms with Gasteiger partial charge in [0.2, 0.25) is 53.2 Å². The largest absolute Gasteiger partial charge is 0.508 e. The lowest BCUT2D eigenvalue weighted by atomic mass is 10.0. The molecular formula is C55H74N10O18. The third-order valence-corrected chi connectivity index (χ3v) is 12.5. The number of phenolic OH excluding ortho intramolecular Hbond substituents is 2. The van der Waals surface area contributed by atoms with Gasteiger partial charge in [-0.2, -0.15) is 0 Å². The van der Waals surface area contributed by atoms with Gasteiger partial charge in [-0.15, -0.1) is 0 Å². The maximum atomic E-state index is 14.1. The summed E-state index contributed by atoms with van der Waals surface area (Å²) in [6, 6.07) is 7.29. The van der Waals surface area contributed by atoms with Crippen LogP contribution in [0, 0.1) is 11.8 Å². The van der Waals surface area contributed by atoms with Crippen molar-refractivity contribution in [2.45, 2.75) is 134 Å². The molecule has 17 N–H and O–H groups in total. The van der Waals surface area contributed by atoms with Crippen LogP contribution in [0.4, 0.5) is 0 Å². The van der Waals surface area contributed by atoms with E-state index in [9.17, 15) is 88.2 Å². The minimum Gasteiger partial charge on any atom is -0.508 e. The highest BCUT2D eigenvalue weighted by atomic mass is 16.4. The zero-order valence-corrected chi connectivity index (χ0v) is 46.4. The molecule has 0 radical (unpaired) electrons. The SMILES string of the molecule is CC(C)C[C@H](NC(=O)CNC(=O)[C@H](CCC(=O)O)NC(=O)CNC(=O)[C@@H](NC(=O)[C@H](Cc1ccccc1)NC(=O)[C@H](CC(=O)O)NC(=O)[C@@H](NC(=O)[C@@H](N)Cc1ccc(O)cc1)[C@@H](C)O)C(C)C)C(=O)N[C@@H](Cc1ccc(O)cc1)C(=O)O. The second kappa shape index (κ2) is 33.5. The van der Waals surface area contributed by atoms with Crippen molar-refractivity contribution >= 4 is 71.1 Å². The Morgan fingerprint density at radius 3 is 1.42 bits per heavy atom. The predicted octanol–water partition coefficient (Wildman–Crippen LogP) is -2.41. The number of amides is 9. The van der Waals surface area contributed by atoms with Gasteiger partial charge in [0.25, 0.3) is 0 Å². The standard InChI is InChI=1S/C55H74N10O18/c1-28(2)21-38(50(77)63-41(55(82)83)24-33-13-17-35(68)18-14-33)60-43(70)26-57-49(76)37(19-20-44(71)72)59-42(69)27-58-53(80)46(29(3)4)64-52(79)39(23-31-9-7-6-8-10-31)61-51(78)40(25-45(73)74)62-54(81)47(30(5)66)65-48(75)36(56)22-32-11-15-34(67)16-12-32/h6-18,28-30,36-41,46-47,66-68H,19-27,56H2,1-5H3,(H,57,76)(H,58,80)(H,59,69)(H,60,70)(H,61,78)(H,62,81)(H,63,77)(H,64,79)(H,65,75)(H,71,72)(H,73,74)(H,82,83)/t30-,36+,37+,38+,39+,40+,41+,46+,47+/m1/s1. The number of carbonyl (C=O) groups excluding carboxylic acids is 9. The number of aromatic hydroxyl groups is 2. The molecule has 0 bridgehead atoms. The average Bonchev–Trinajstić information content (AvgIpc) is 3.47. The summed E-state index contributed by atoms with van der Waals surface area (Å²) >= 11 is 0. The van der Waals surface area contributed by atoms with E-state index in [2.05, 4.69) is 47.9 Å². The number of nitrogens with one attached hydrogen (secondary N) is 9. The number of carboxylic acid groups (broad SMARTS) is 3. The normalized spacial score (nSPS) is 14.3. The van der Waals surface area contributed by atoms with E-state index in [4.69, 9.17) is 5.73 Å². The second-order valence-corrected chi connectivity index (χ2v) is 20.4. The lowest BCUT2D eigenvalue weighted by molar-refractivity contribution is -0.142. The van der Waals surface area contributed by atoms with Crippen LogP contribution in [0.2, 0.25) is 0 Å². The summed E-state index contributed by atoms with van der Waals surface area (Å²) in [5.41, 5.74) is 7.55. The molecule has 0 aliphatic rings. The Balaban J connectivity index is 1.71. The van der Waals surface area contributed by atoms with Gasteiger partial charge in [0, 0.05) is 19.3 Å². The summed E-state index contributed by atoms with van der Waals surface area (Å²) in [6.45, 7) is 6.04. The number of hydrogen-bond acceptors (Lipinski definition) is 16. The molecule has 0 saturated heterocycles. The summed E-state index contributed by atoms with van der Waals surface area (Å²) in [4.78, 5) is 157. The van der Waals surface area contributed by atoms with Gasteiger partial charge in [0.05, 0.1) is 31.7 Å². The molecule has 3 rings (SSSR count). The van der Waals surface area contributed by atoms with E-state index < -0.39 is 164 Å². The van der Waals surface area contributed by atoms with Crippen LogP contribution >= 0.6 is 0 Å². The van der Waals surface area contributed by atoms with Crippen molar-refractivity contribution in [3.63, 3.8) is 0 Å². The molecule has 0 aromatic heterocycles. The summed E-state index contributed by atoms with van der Waals surface area (Å²) in [5, 5.41) is 79.7. The van der Waals surface area contributed by atoms with E-state index in [-0.39, 0.29) is 43.1 Å². The molecule has 9 atom stereocenters. The van der Waals surface area contributed by atoms with Crippen LogP contribution in [0.25, 0.3) is 0 Å². The highest BCUT2D eigenvalue weighted by Gasteiger charge is 2.36. The third kappa shape index (κ3) is 24.6. The number of aliphatic hydroxyl groups is 1. The van der Waals surface area contributed by atoms with Gasteiger partial charge in [-0.05, 0) is 79.0 Å². The van der Waals surface area contributed by atoms with Gasteiger partial charge in [-0.25, -0.2) is 4.79 Å². The number of aliphatic hydroxyl groups excluding tert-OH is 1. The lowest BCUT2D eigenvalue weighted by Crippen LogP contribution is -2.61. The first-order valence-electron chi connectivity index (χ1n) is 26.4. The van der Waals surface area contributed by atoms with E-state index in [0.717, 1.165) is 6.92 Å². The Morgan fingerprint density at radius 2 is 0.916 bits per heavy atom. The Kier molecular flexibility index (Phi) is 27.5. The first-order chi connectivity index (χ1) is 39.0. The Hall–Kier alpha value is -9.18. The molecule has 0 unspecified atom stereocenters. The van der Waals surface area contributed by atoms with Gasteiger partial charge < -0.3 is 84.2 Å².